The average Bonchev–Trinajstić information content (AvgIpc) is 2.30. The Bertz CT molecular complexity index is 136. The number of hydrogen-bond donors (Lipinski definition) is 1. The summed E-state index contributed by atoms with van der Waals surface area (Å²) < 4.78 is 0. The van der Waals surface area contributed by atoms with Crippen molar-refractivity contribution in [1.29, 1.82) is 0 Å². The molecule has 1 fully saturated rings. The molecule has 2 unspecified atom stereocenters. The summed E-state index contributed by atoms with van der Waals surface area (Å²) in [6.07, 6.45) is 3.95. The molecule has 78 valence electrons. The zero-order valence-corrected chi connectivity index (χ0v) is 9.34. The number of nitrogens with one attached hydrogen (secondary N) is 1. The molecule has 1 rings (SSSR count). The van der Waals surface area contributed by atoms with Crippen LogP contribution in [0, 0.1) is 0 Å². The minimum atomic E-state index is 0.707. The predicted octanol–water partition coefficient (Wildman–Crippen LogP) is 1.86. The van der Waals surface area contributed by atoms with Crippen molar-refractivity contribution in [2.45, 2.75) is 52.1 Å². The van der Waals surface area contributed by atoms with Crippen LogP contribution >= 0.6 is 0 Å². The molecule has 13 heavy (non-hydrogen) atoms. The Labute approximate surface area is 82.7 Å². The van der Waals surface area contributed by atoms with Crippen LogP contribution in [-0.2, 0) is 0 Å². The molecule has 0 amide bonds. The highest BCUT2D eigenvalue weighted by atomic mass is 15.2. The van der Waals surface area contributed by atoms with E-state index < -0.39 is 0 Å². The van der Waals surface area contributed by atoms with E-state index in [4.69, 9.17) is 0 Å². The fraction of sp³-hybridized carbons (Fsp3) is 1.00. The first-order valence-electron chi connectivity index (χ1n) is 5.71. The SMILES string of the molecule is CCCC(C)N1CCNC(C)CC1. The molecule has 2 nitrogen and oxygen atoms in total. The van der Waals surface area contributed by atoms with Crippen molar-refractivity contribution in [2.24, 2.45) is 0 Å². The molecule has 1 heterocycles. The molecule has 0 saturated carbocycles. The quantitative estimate of drug-likeness (QED) is 0.720. The van der Waals surface area contributed by atoms with Crippen molar-refractivity contribution in [2.75, 3.05) is 19.6 Å². The number of rotatable bonds is 3. The fourth-order valence-electron chi connectivity index (χ4n) is 2.07. The number of nitrogens with zero attached hydrogens (tertiary/aromatic N) is 1. The van der Waals surface area contributed by atoms with Gasteiger partial charge in [0.05, 0.1) is 0 Å². The highest BCUT2D eigenvalue weighted by molar-refractivity contribution is 4.75. The summed E-state index contributed by atoms with van der Waals surface area (Å²) in [7, 11) is 0. The average molecular weight is 184 g/mol. The Kier molecular flexibility index (Phi) is 4.74. The third-order valence-corrected chi connectivity index (χ3v) is 3.07. The van der Waals surface area contributed by atoms with Crippen molar-refractivity contribution >= 4 is 0 Å². The molecule has 0 aliphatic carbocycles. The van der Waals surface area contributed by atoms with Crippen LogP contribution in [0.1, 0.15) is 40.0 Å². The molecule has 2 heteroatoms. The van der Waals surface area contributed by atoms with Crippen LogP contribution in [0.2, 0.25) is 0 Å². The van der Waals surface area contributed by atoms with Gasteiger partial charge in [-0.25, -0.2) is 0 Å². The third-order valence-electron chi connectivity index (χ3n) is 3.07. The van der Waals surface area contributed by atoms with Gasteiger partial charge in [-0.15, -0.1) is 0 Å². The van der Waals surface area contributed by atoms with Gasteiger partial charge in [0.2, 0.25) is 0 Å². The van der Waals surface area contributed by atoms with Gasteiger partial charge in [0.1, 0.15) is 0 Å². The lowest BCUT2D eigenvalue weighted by Crippen LogP contribution is -2.35. The molecular formula is C11H24N2. The first-order chi connectivity index (χ1) is 6.24. The Balaban J connectivity index is 2.32. The Hall–Kier alpha value is -0.0800. The zero-order chi connectivity index (χ0) is 9.68. The largest absolute Gasteiger partial charge is 0.313 e. The highest BCUT2D eigenvalue weighted by Gasteiger charge is 2.16. The Morgan fingerprint density at radius 2 is 2.23 bits per heavy atom. The van der Waals surface area contributed by atoms with Crippen LogP contribution in [0.15, 0.2) is 0 Å². The molecule has 0 radical (unpaired) electrons. The summed E-state index contributed by atoms with van der Waals surface area (Å²) >= 11 is 0. The van der Waals surface area contributed by atoms with Gasteiger partial charge in [0.25, 0.3) is 0 Å². The molecule has 0 bridgehead atoms. The van der Waals surface area contributed by atoms with E-state index in [1.165, 1.54) is 32.4 Å². The monoisotopic (exact) mass is 184 g/mol. The van der Waals surface area contributed by atoms with Crippen LogP contribution in [0.3, 0.4) is 0 Å². The maximum Gasteiger partial charge on any atom is 0.0110 e. The van der Waals surface area contributed by atoms with Gasteiger partial charge in [0.15, 0.2) is 0 Å². The summed E-state index contributed by atoms with van der Waals surface area (Å²) in [6, 6.07) is 1.48. The maximum absolute atomic E-state index is 3.53. The molecule has 1 N–H and O–H groups in total. The van der Waals surface area contributed by atoms with Crippen LogP contribution in [-0.4, -0.2) is 36.6 Å². The summed E-state index contributed by atoms with van der Waals surface area (Å²) in [4.78, 5) is 2.62. The summed E-state index contributed by atoms with van der Waals surface area (Å²) in [5, 5.41) is 3.53. The molecule has 0 aromatic carbocycles. The Morgan fingerprint density at radius 1 is 1.46 bits per heavy atom. The lowest BCUT2D eigenvalue weighted by atomic mass is 10.1. The van der Waals surface area contributed by atoms with Gasteiger partial charge < -0.3 is 5.32 Å². The normalized spacial score (nSPS) is 28.4. The summed E-state index contributed by atoms with van der Waals surface area (Å²) in [5.41, 5.74) is 0. The lowest BCUT2D eigenvalue weighted by Gasteiger charge is -2.26. The van der Waals surface area contributed by atoms with Gasteiger partial charge in [-0.2, -0.15) is 0 Å². The van der Waals surface area contributed by atoms with Gasteiger partial charge >= 0.3 is 0 Å². The third kappa shape index (κ3) is 3.65. The van der Waals surface area contributed by atoms with Gasteiger partial charge in [-0.1, -0.05) is 13.3 Å². The zero-order valence-electron chi connectivity index (χ0n) is 9.34. The molecule has 0 aromatic rings. The second-order valence-corrected chi connectivity index (χ2v) is 4.32. The van der Waals surface area contributed by atoms with Crippen molar-refractivity contribution in [1.82, 2.24) is 10.2 Å². The van der Waals surface area contributed by atoms with Gasteiger partial charge in [0, 0.05) is 25.2 Å². The lowest BCUT2D eigenvalue weighted by molar-refractivity contribution is 0.211. The van der Waals surface area contributed by atoms with E-state index in [2.05, 4.69) is 31.0 Å². The topological polar surface area (TPSA) is 15.3 Å². The molecule has 2 atom stereocenters. The van der Waals surface area contributed by atoms with Crippen LogP contribution < -0.4 is 5.32 Å². The minimum absolute atomic E-state index is 0.707. The molecule has 0 spiro atoms. The van der Waals surface area contributed by atoms with E-state index in [1.807, 2.05) is 0 Å². The van der Waals surface area contributed by atoms with Crippen molar-refractivity contribution < 1.29 is 0 Å². The molecule has 1 aliphatic rings. The predicted molar refractivity (Wildman–Crippen MR) is 58.0 cm³/mol. The van der Waals surface area contributed by atoms with E-state index in [1.54, 1.807) is 0 Å². The molecule has 0 aromatic heterocycles. The standard InChI is InChI=1S/C11H24N2/c1-4-5-11(3)13-8-6-10(2)12-7-9-13/h10-12H,4-9H2,1-3H3. The van der Waals surface area contributed by atoms with Crippen molar-refractivity contribution in [3.63, 3.8) is 0 Å². The second-order valence-electron chi connectivity index (χ2n) is 4.32. The van der Waals surface area contributed by atoms with Crippen LogP contribution in [0.25, 0.3) is 0 Å². The molecule has 1 aliphatic heterocycles. The van der Waals surface area contributed by atoms with Crippen LogP contribution in [0.5, 0.6) is 0 Å². The van der Waals surface area contributed by atoms with E-state index >= 15 is 0 Å². The molecule has 1 saturated heterocycles. The summed E-state index contributed by atoms with van der Waals surface area (Å²) in [5.74, 6) is 0. The first-order valence-corrected chi connectivity index (χ1v) is 5.71. The fourth-order valence-corrected chi connectivity index (χ4v) is 2.07. The highest BCUT2D eigenvalue weighted by Crippen LogP contribution is 2.09. The van der Waals surface area contributed by atoms with Gasteiger partial charge in [-0.05, 0) is 33.2 Å². The van der Waals surface area contributed by atoms with Crippen molar-refractivity contribution in [3.05, 3.63) is 0 Å². The van der Waals surface area contributed by atoms with E-state index in [0.29, 0.717) is 6.04 Å². The van der Waals surface area contributed by atoms with E-state index in [-0.39, 0.29) is 0 Å². The minimum Gasteiger partial charge on any atom is -0.313 e. The molecular weight excluding hydrogens is 160 g/mol. The van der Waals surface area contributed by atoms with Crippen LogP contribution in [0.4, 0.5) is 0 Å². The van der Waals surface area contributed by atoms with Crippen molar-refractivity contribution in [3.8, 4) is 0 Å². The maximum atomic E-state index is 3.53. The van der Waals surface area contributed by atoms with Gasteiger partial charge in [-0.3, -0.25) is 4.90 Å². The van der Waals surface area contributed by atoms with E-state index in [0.717, 1.165) is 12.6 Å². The Morgan fingerprint density at radius 3 is 2.92 bits per heavy atom. The number of hydrogen-bond acceptors (Lipinski definition) is 2. The van der Waals surface area contributed by atoms with E-state index in [9.17, 15) is 0 Å². The summed E-state index contributed by atoms with van der Waals surface area (Å²) in [6.45, 7) is 10.6. The second kappa shape index (κ2) is 5.61. The first kappa shape index (κ1) is 11.0. The smallest absolute Gasteiger partial charge is 0.0110 e.